The average Bonchev–Trinajstić information content (AvgIpc) is 3.16. The van der Waals surface area contributed by atoms with Crippen molar-refractivity contribution in [2.45, 2.75) is 38.8 Å². The van der Waals surface area contributed by atoms with E-state index < -0.39 is 0 Å². The minimum atomic E-state index is 0.665. The highest BCUT2D eigenvalue weighted by Crippen LogP contribution is 2.28. The summed E-state index contributed by atoms with van der Waals surface area (Å²) in [6, 6.07) is 2.98. The van der Waals surface area contributed by atoms with Gasteiger partial charge >= 0.3 is 0 Å². The molecule has 1 aromatic rings. The van der Waals surface area contributed by atoms with Crippen molar-refractivity contribution in [1.82, 2.24) is 10.3 Å². The lowest BCUT2D eigenvalue weighted by Gasteiger charge is -2.22. The number of aryl methyl sites for hydroxylation is 1. The van der Waals surface area contributed by atoms with E-state index in [1.165, 1.54) is 30.5 Å². The minimum Gasteiger partial charge on any atom is -0.384 e. The molecular weight excluding hydrogens is 250 g/mol. The van der Waals surface area contributed by atoms with E-state index in [9.17, 15) is 0 Å². The number of methoxy groups -OCH3 is 1. The quantitative estimate of drug-likeness (QED) is 0.863. The van der Waals surface area contributed by atoms with Gasteiger partial charge in [0, 0.05) is 61.8 Å². The van der Waals surface area contributed by atoms with Gasteiger partial charge in [-0.15, -0.1) is 0 Å². The van der Waals surface area contributed by atoms with E-state index in [2.05, 4.69) is 28.2 Å². The van der Waals surface area contributed by atoms with Crippen LogP contribution in [0.15, 0.2) is 12.3 Å². The lowest BCUT2D eigenvalue weighted by Crippen LogP contribution is -2.24. The Hall–Kier alpha value is -1.13. The molecule has 1 saturated carbocycles. The van der Waals surface area contributed by atoms with Gasteiger partial charge in [0.25, 0.3) is 0 Å². The number of nitrogens with one attached hydrogen (secondary N) is 1. The average molecular weight is 275 g/mol. The third kappa shape index (κ3) is 3.30. The zero-order valence-electron chi connectivity index (χ0n) is 12.6. The lowest BCUT2D eigenvalue weighted by molar-refractivity contribution is 0.161. The van der Waals surface area contributed by atoms with Crippen molar-refractivity contribution in [1.29, 1.82) is 0 Å². The molecule has 4 heteroatoms. The molecule has 20 heavy (non-hydrogen) atoms. The van der Waals surface area contributed by atoms with Crippen LogP contribution in [0.4, 0.5) is 5.69 Å². The fourth-order valence-electron chi connectivity index (χ4n) is 2.97. The van der Waals surface area contributed by atoms with Crippen LogP contribution >= 0.6 is 0 Å². The Morgan fingerprint density at radius 3 is 3.00 bits per heavy atom. The third-order valence-electron chi connectivity index (χ3n) is 4.29. The van der Waals surface area contributed by atoms with Crippen LogP contribution in [0.1, 0.15) is 30.5 Å². The fraction of sp³-hybridized carbons (Fsp3) is 0.688. The Balaban J connectivity index is 1.71. The van der Waals surface area contributed by atoms with E-state index in [4.69, 9.17) is 4.74 Å². The molecule has 1 unspecified atom stereocenters. The maximum absolute atomic E-state index is 5.30. The second kappa shape index (κ2) is 6.10. The summed E-state index contributed by atoms with van der Waals surface area (Å²) in [5, 5.41) is 3.60. The van der Waals surface area contributed by atoms with Crippen molar-refractivity contribution in [3.63, 3.8) is 0 Å². The summed E-state index contributed by atoms with van der Waals surface area (Å²) in [7, 11) is 1.80. The molecule has 1 aliphatic heterocycles. The zero-order valence-corrected chi connectivity index (χ0v) is 12.6. The van der Waals surface area contributed by atoms with Crippen molar-refractivity contribution in [2.75, 3.05) is 31.7 Å². The molecule has 1 aromatic heterocycles. The molecule has 1 saturated heterocycles. The van der Waals surface area contributed by atoms with Gasteiger partial charge in [0.15, 0.2) is 0 Å². The molecule has 0 radical (unpaired) electrons. The topological polar surface area (TPSA) is 37.4 Å². The molecule has 0 amide bonds. The number of aromatic nitrogens is 1. The normalized spacial score (nSPS) is 22.5. The first-order valence-corrected chi connectivity index (χ1v) is 7.69. The molecule has 0 spiro atoms. The summed E-state index contributed by atoms with van der Waals surface area (Å²) in [5.41, 5.74) is 3.80. The van der Waals surface area contributed by atoms with Crippen LogP contribution in [0.3, 0.4) is 0 Å². The first-order valence-electron chi connectivity index (χ1n) is 7.69. The van der Waals surface area contributed by atoms with Crippen molar-refractivity contribution < 1.29 is 4.74 Å². The van der Waals surface area contributed by atoms with E-state index in [1.54, 1.807) is 7.11 Å². The molecule has 0 bridgehead atoms. The van der Waals surface area contributed by atoms with Crippen molar-refractivity contribution in [3.8, 4) is 0 Å². The number of hydrogen-bond acceptors (Lipinski definition) is 4. The third-order valence-corrected chi connectivity index (χ3v) is 4.29. The van der Waals surface area contributed by atoms with E-state index in [1.807, 2.05) is 6.20 Å². The first-order chi connectivity index (χ1) is 9.76. The van der Waals surface area contributed by atoms with E-state index in [0.717, 1.165) is 38.0 Å². The van der Waals surface area contributed by atoms with E-state index in [-0.39, 0.29) is 0 Å². The Bertz CT molecular complexity index is 459. The van der Waals surface area contributed by atoms with Crippen molar-refractivity contribution in [3.05, 3.63) is 23.5 Å². The van der Waals surface area contributed by atoms with Crippen LogP contribution in [0.2, 0.25) is 0 Å². The Kier molecular flexibility index (Phi) is 4.22. The molecule has 1 aliphatic carbocycles. The highest BCUT2D eigenvalue weighted by molar-refractivity contribution is 5.54. The predicted octanol–water partition coefficient (Wildman–Crippen LogP) is 2.11. The molecule has 110 valence electrons. The maximum atomic E-state index is 5.30. The summed E-state index contributed by atoms with van der Waals surface area (Å²) in [6.07, 6.45) is 5.93. The second-order valence-corrected chi connectivity index (χ2v) is 6.17. The number of hydrogen-bond donors (Lipinski definition) is 1. The number of ether oxygens (including phenoxy) is 1. The monoisotopic (exact) mass is 275 g/mol. The highest BCUT2D eigenvalue weighted by atomic mass is 16.5. The van der Waals surface area contributed by atoms with Gasteiger partial charge in [0.2, 0.25) is 0 Å². The zero-order chi connectivity index (χ0) is 13.9. The Morgan fingerprint density at radius 1 is 1.40 bits per heavy atom. The van der Waals surface area contributed by atoms with Crippen LogP contribution in [0, 0.1) is 12.8 Å². The molecule has 0 aromatic carbocycles. The van der Waals surface area contributed by atoms with Gasteiger partial charge < -0.3 is 15.0 Å². The maximum Gasteiger partial charge on any atom is 0.0508 e. The van der Waals surface area contributed by atoms with Gasteiger partial charge in [-0.3, -0.25) is 4.98 Å². The molecule has 1 N–H and O–H groups in total. The molecule has 2 fully saturated rings. The van der Waals surface area contributed by atoms with Crippen LogP contribution in [-0.4, -0.2) is 37.8 Å². The largest absolute Gasteiger partial charge is 0.384 e. The number of rotatable bonds is 6. The first kappa shape index (κ1) is 13.8. The van der Waals surface area contributed by atoms with Gasteiger partial charge in [-0.05, 0) is 32.3 Å². The summed E-state index contributed by atoms with van der Waals surface area (Å²) in [5.74, 6) is 0.665. The SMILES string of the molecule is COCC1CCN(c2cc(C)ncc2CNC2CC2)C1. The highest BCUT2D eigenvalue weighted by Gasteiger charge is 2.25. The molecule has 1 atom stereocenters. The number of anilines is 1. The molecule has 4 nitrogen and oxygen atoms in total. The standard InChI is InChI=1S/C16H25N3O/c1-12-7-16(19-6-5-13(10-19)11-20-2)14(8-17-12)9-18-15-3-4-15/h7-8,13,15,18H,3-6,9-11H2,1-2H3. The number of pyridine rings is 1. The predicted molar refractivity (Wildman–Crippen MR) is 81.0 cm³/mol. The second-order valence-electron chi connectivity index (χ2n) is 6.17. The van der Waals surface area contributed by atoms with E-state index in [0.29, 0.717) is 5.92 Å². The smallest absolute Gasteiger partial charge is 0.0508 e. The Labute approximate surface area is 121 Å². The molecule has 2 aliphatic rings. The fourth-order valence-corrected chi connectivity index (χ4v) is 2.97. The van der Waals surface area contributed by atoms with Gasteiger partial charge in [0.05, 0.1) is 6.61 Å². The summed E-state index contributed by atoms with van der Waals surface area (Å²) < 4.78 is 5.30. The van der Waals surface area contributed by atoms with E-state index >= 15 is 0 Å². The summed E-state index contributed by atoms with van der Waals surface area (Å²) >= 11 is 0. The van der Waals surface area contributed by atoms with Gasteiger partial charge in [-0.25, -0.2) is 0 Å². The molecular formula is C16H25N3O. The van der Waals surface area contributed by atoms with Gasteiger partial charge in [-0.2, -0.15) is 0 Å². The summed E-state index contributed by atoms with van der Waals surface area (Å²) in [6.45, 7) is 6.13. The van der Waals surface area contributed by atoms with Crippen LogP contribution in [-0.2, 0) is 11.3 Å². The van der Waals surface area contributed by atoms with Crippen molar-refractivity contribution in [2.24, 2.45) is 5.92 Å². The summed E-state index contributed by atoms with van der Waals surface area (Å²) in [4.78, 5) is 6.98. The van der Waals surface area contributed by atoms with Crippen LogP contribution in [0.5, 0.6) is 0 Å². The van der Waals surface area contributed by atoms with Crippen LogP contribution < -0.4 is 10.2 Å². The van der Waals surface area contributed by atoms with Crippen LogP contribution in [0.25, 0.3) is 0 Å². The minimum absolute atomic E-state index is 0.665. The lowest BCUT2D eigenvalue weighted by atomic mass is 10.1. The van der Waals surface area contributed by atoms with Crippen molar-refractivity contribution >= 4 is 5.69 Å². The molecule has 3 rings (SSSR count). The van der Waals surface area contributed by atoms with Gasteiger partial charge in [0.1, 0.15) is 0 Å². The van der Waals surface area contributed by atoms with Gasteiger partial charge in [-0.1, -0.05) is 0 Å². The molecule has 2 heterocycles. The number of nitrogens with zero attached hydrogens (tertiary/aromatic N) is 2. The Morgan fingerprint density at radius 2 is 2.25 bits per heavy atom.